The number of hydrogen-bond donors (Lipinski definition) is 1. The Kier molecular flexibility index (Phi) is 6.24. The van der Waals surface area contributed by atoms with E-state index < -0.39 is 10.0 Å². The Balaban J connectivity index is 1.79. The molecule has 8 nitrogen and oxygen atoms in total. The summed E-state index contributed by atoms with van der Waals surface area (Å²) in [7, 11) is -2.55. The van der Waals surface area contributed by atoms with Gasteiger partial charge in [0.15, 0.2) is 11.5 Å². The van der Waals surface area contributed by atoms with E-state index >= 15 is 0 Å². The lowest BCUT2D eigenvalue weighted by Gasteiger charge is -2.26. The van der Waals surface area contributed by atoms with E-state index in [4.69, 9.17) is 14.2 Å². The number of rotatable bonds is 7. The predicted molar refractivity (Wildman–Crippen MR) is 122 cm³/mol. The number of carbonyl (C=O) groups excluding carboxylic acids is 1. The SMILES string of the molecule is COc1ccc(S(=O)(=O)N(Cc2cccs2)c2ccc3c(c2)OCCO3)cc1NC(C)=O. The second kappa shape index (κ2) is 9.09. The molecule has 0 bridgehead atoms. The molecule has 0 radical (unpaired) electrons. The van der Waals surface area contributed by atoms with E-state index in [1.165, 1.54) is 47.9 Å². The molecule has 1 amide bonds. The van der Waals surface area contributed by atoms with E-state index in [0.29, 0.717) is 36.1 Å². The average molecular weight is 475 g/mol. The average Bonchev–Trinajstić information content (AvgIpc) is 3.30. The molecule has 3 aromatic rings. The third kappa shape index (κ3) is 4.51. The van der Waals surface area contributed by atoms with E-state index in [1.54, 1.807) is 18.2 Å². The topological polar surface area (TPSA) is 94.2 Å². The number of benzene rings is 2. The van der Waals surface area contributed by atoms with Crippen LogP contribution in [0.5, 0.6) is 17.2 Å². The fourth-order valence-corrected chi connectivity index (χ4v) is 5.54. The van der Waals surface area contributed by atoms with Crippen LogP contribution < -0.4 is 23.8 Å². The van der Waals surface area contributed by atoms with Gasteiger partial charge in [0.1, 0.15) is 19.0 Å². The molecule has 1 N–H and O–H groups in total. The minimum absolute atomic E-state index is 0.0218. The summed E-state index contributed by atoms with van der Waals surface area (Å²) in [6.07, 6.45) is 0. The maximum absolute atomic E-state index is 13.8. The highest BCUT2D eigenvalue weighted by molar-refractivity contribution is 7.92. The van der Waals surface area contributed by atoms with Crippen molar-refractivity contribution < 1.29 is 27.4 Å². The molecule has 168 valence electrons. The third-order valence-electron chi connectivity index (χ3n) is 4.76. The van der Waals surface area contributed by atoms with Gasteiger partial charge >= 0.3 is 0 Å². The van der Waals surface area contributed by atoms with Crippen LogP contribution in [0.1, 0.15) is 11.8 Å². The maximum Gasteiger partial charge on any atom is 0.264 e. The van der Waals surface area contributed by atoms with E-state index in [2.05, 4.69) is 5.32 Å². The fraction of sp³-hybridized carbons (Fsp3) is 0.227. The fourth-order valence-electron chi connectivity index (χ4n) is 3.31. The number of methoxy groups -OCH3 is 1. The molecule has 0 saturated carbocycles. The summed E-state index contributed by atoms with van der Waals surface area (Å²) >= 11 is 1.46. The molecule has 2 heterocycles. The van der Waals surface area contributed by atoms with Crippen molar-refractivity contribution in [2.45, 2.75) is 18.4 Å². The van der Waals surface area contributed by atoms with Crippen LogP contribution in [-0.2, 0) is 21.4 Å². The number of nitrogens with zero attached hydrogens (tertiary/aromatic N) is 1. The summed E-state index contributed by atoms with van der Waals surface area (Å²) in [6, 6.07) is 13.2. The number of hydrogen-bond acceptors (Lipinski definition) is 7. The molecule has 0 spiro atoms. The van der Waals surface area contributed by atoms with Crippen molar-refractivity contribution in [3.05, 3.63) is 58.8 Å². The van der Waals surface area contributed by atoms with Crippen LogP contribution in [0, 0.1) is 0 Å². The Morgan fingerprint density at radius 1 is 1.12 bits per heavy atom. The summed E-state index contributed by atoms with van der Waals surface area (Å²) < 4.78 is 45.3. The van der Waals surface area contributed by atoms with E-state index in [1.807, 2.05) is 17.5 Å². The first-order valence-corrected chi connectivity index (χ1v) is 12.1. The summed E-state index contributed by atoms with van der Waals surface area (Å²) in [4.78, 5) is 12.5. The van der Waals surface area contributed by atoms with Crippen molar-refractivity contribution in [2.75, 3.05) is 29.9 Å². The quantitative estimate of drug-likeness (QED) is 0.559. The van der Waals surface area contributed by atoms with Crippen molar-refractivity contribution in [1.29, 1.82) is 0 Å². The Morgan fingerprint density at radius 2 is 1.91 bits per heavy atom. The van der Waals surface area contributed by atoms with Crippen LogP contribution in [-0.4, -0.2) is 34.6 Å². The molecule has 10 heteroatoms. The second-order valence-corrected chi connectivity index (χ2v) is 9.86. The zero-order valence-electron chi connectivity index (χ0n) is 17.5. The number of nitrogens with one attached hydrogen (secondary N) is 1. The number of ether oxygens (including phenoxy) is 3. The maximum atomic E-state index is 13.8. The highest BCUT2D eigenvalue weighted by atomic mass is 32.2. The van der Waals surface area contributed by atoms with Crippen molar-refractivity contribution in [1.82, 2.24) is 0 Å². The second-order valence-electron chi connectivity index (χ2n) is 6.96. The van der Waals surface area contributed by atoms with Crippen LogP contribution >= 0.6 is 11.3 Å². The zero-order valence-corrected chi connectivity index (χ0v) is 19.2. The predicted octanol–water partition coefficient (Wildman–Crippen LogP) is 3.88. The Hall–Kier alpha value is -3.24. The minimum Gasteiger partial charge on any atom is -0.495 e. The summed E-state index contributed by atoms with van der Waals surface area (Å²) in [5.41, 5.74) is 0.721. The standard InChI is InChI=1S/C22H22N2O6S2/c1-15(25)23-19-13-18(6-8-20(19)28-2)32(26,27)24(14-17-4-3-11-31-17)16-5-7-21-22(12-16)30-10-9-29-21/h3-8,11-13H,9-10,14H2,1-2H3,(H,23,25). The number of sulfonamides is 1. The van der Waals surface area contributed by atoms with Gasteiger partial charge in [-0.15, -0.1) is 11.3 Å². The number of thiophene rings is 1. The van der Waals surface area contributed by atoms with Crippen LogP contribution in [0.3, 0.4) is 0 Å². The van der Waals surface area contributed by atoms with Crippen LogP contribution in [0.15, 0.2) is 58.8 Å². The van der Waals surface area contributed by atoms with Crippen molar-refractivity contribution in [3.8, 4) is 17.2 Å². The smallest absolute Gasteiger partial charge is 0.264 e. The van der Waals surface area contributed by atoms with Gasteiger partial charge in [-0.1, -0.05) is 6.07 Å². The van der Waals surface area contributed by atoms with Gasteiger partial charge in [0.2, 0.25) is 5.91 Å². The molecule has 0 fully saturated rings. The highest BCUT2D eigenvalue weighted by Crippen LogP contribution is 2.37. The molecule has 4 rings (SSSR count). The first-order valence-electron chi connectivity index (χ1n) is 9.79. The van der Waals surface area contributed by atoms with E-state index in [0.717, 1.165) is 4.88 Å². The van der Waals surface area contributed by atoms with Gasteiger partial charge in [-0.3, -0.25) is 9.10 Å². The number of fused-ring (bicyclic) bond motifs is 1. The van der Waals surface area contributed by atoms with E-state index in [-0.39, 0.29) is 23.0 Å². The molecule has 0 unspecified atom stereocenters. The van der Waals surface area contributed by atoms with Crippen molar-refractivity contribution in [2.24, 2.45) is 0 Å². The van der Waals surface area contributed by atoms with Crippen LogP contribution in [0.4, 0.5) is 11.4 Å². The van der Waals surface area contributed by atoms with Gasteiger partial charge in [0.05, 0.1) is 29.9 Å². The van der Waals surface area contributed by atoms with Gasteiger partial charge in [0, 0.05) is 17.9 Å². The van der Waals surface area contributed by atoms with Gasteiger partial charge in [-0.25, -0.2) is 8.42 Å². The van der Waals surface area contributed by atoms with Gasteiger partial charge in [-0.05, 0) is 41.8 Å². The normalized spacial score (nSPS) is 12.8. The largest absolute Gasteiger partial charge is 0.495 e. The molecule has 1 aliphatic heterocycles. The van der Waals surface area contributed by atoms with Crippen molar-refractivity contribution in [3.63, 3.8) is 0 Å². The van der Waals surface area contributed by atoms with Crippen LogP contribution in [0.25, 0.3) is 0 Å². The zero-order chi connectivity index (χ0) is 22.7. The Bertz CT molecular complexity index is 1230. The molecule has 0 saturated heterocycles. The molecule has 0 atom stereocenters. The summed E-state index contributed by atoms with van der Waals surface area (Å²) in [5, 5.41) is 4.52. The molecular weight excluding hydrogens is 452 g/mol. The molecule has 0 aliphatic carbocycles. The third-order valence-corrected chi connectivity index (χ3v) is 7.39. The lowest BCUT2D eigenvalue weighted by atomic mass is 10.2. The lowest BCUT2D eigenvalue weighted by molar-refractivity contribution is -0.114. The highest BCUT2D eigenvalue weighted by Gasteiger charge is 2.28. The Morgan fingerprint density at radius 3 is 2.59 bits per heavy atom. The van der Waals surface area contributed by atoms with Crippen molar-refractivity contribution >= 4 is 38.6 Å². The molecule has 2 aromatic carbocycles. The molecule has 1 aliphatic rings. The van der Waals surface area contributed by atoms with Gasteiger partial charge in [0.25, 0.3) is 10.0 Å². The minimum atomic E-state index is -4.00. The first-order chi connectivity index (χ1) is 15.4. The first kappa shape index (κ1) is 22.0. The van der Waals surface area contributed by atoms with Gasteiger partial charge in [-0.2, -0.15) is 0 Å². The van der Waals surface area contributed by atoms with Crippen LogP contribution in [0.2, 0.25) is 0 Å². The molecular formula is C22H22N2O6S2. The molecule has 1 aromatic heterocycles. The monoisotopic (exact) mass is 474 g/mol. The van der Waals surface area contributed by atoms with E-state index in [9.17, 15) is 13.2 Å². The molecule has 32 heavy (non-hydrogen) atoms. The number of carbonyl (C=O) groups is 1. The Labute approximate surface area is 190 Å². The lowest BCUT2D eigenvalue weighted by Crippen LogP contribution is -2.30. The summed E-state index contributed by atoms with van der Waals surface area (Å²) in [5.74, 6) is 1.10. The number of anilines is 2. The summed E-state index contributed by atoms with van der Waals surface area (Å²) in [6.45, 7) is 2.33. The van der Waals surface area contributed by atoms with Gasteiger partial charge < -0.3 is 19.5 Å². The number of amides is 1.